The summed E-state index contributed by atoms with van der Waals surface area (Å²) in [5.41, 5.74) is 1.92. The van der Waals surface area contributed by atoms with Crippen LogP contribution in [0.5, 0.6) is 0 Å². The molecule has 1 heterocycles. The Bertz CT molecular complexity index is 570. The van der Waals surface area contributed by atoms with E-state index in [0.29, 0.717) is 17.1 Å². The molecule has 2 aromatic rings. The highest BCUT2D eigenvalue weighted by Crippen LogP contribution is 2.13. The van der Waals surface area contributed by atoms with E-state index in [1.165, 1.54) is 5.56 Å². The smallest absolute Gasteiger partial charge is 0.258 e. The lowest BCUT2D eigenvalue weighted by Crippen LogP contribution is -2.10. The molecule has 2 rings (SSSR count). The van der Waals surface area contributed by atoms with Crippen molar-refractivity contribution in [1.29, 1.82) is 0 Å². The number of rotatable bonds is 2. The van der Waals surface area contributed by atoms with Crippen LogP contribution in [0.25, 0.3) is 10.9 Å². The van der Waals surface area contributed by atoms with Crippen LogP contribution in [0.1, 0.15) is 25.2 Å². The Balaban J connectivity index is 2.58. The predicted octanol–water partition coefficient (Wildman–Crippen LogP) is 2.43. The summed E-state index contributed by atoms with van der Waals surface area (Å²) in [5, 5.41) is 0.684. The molecule has 0 saturated carbocycles. The van der Waals surface area contributed by atoms with Gasteiger partial charge in [0.15, 0.2) is 0 Å². The topological polar surface area (TPSA) is 45.8 Å². The molecule has 0 bridgehead atoms. The van der Waals surface area contributed by atoms with Gasteiger partial charge in [0.2, 0.25) is 0 Å². The lowest BCUT2D eigenvalue weighted by molar-refractivity contribution is 0.647. The molecule has 0 radical (unpaired) electrons. The zero-order valence-electron chi connectivity index (χ0n) is 9.87. The van der Waals surface area contributed by atoms with Crippen LogP contribution in [0, 0.1) is 12.8 Å². The summed E-state index contributed by atoms with van der Waals surface area (Å²) >= 11 is 0. The first-order chi connectivity index (χ1) is 7.56. The van der Waals surface area contributed by atoms with Crippen molar-refractivity contribution in [3.8, 4) is 0 Å². The van der Waals surface area contributed by atoms with E-state index in [-0.39, 0.29) is 5.56 Å². The van der Waals surface area contributed by atoms with Crippen molar-refractivity contribution >= 4 is 10.9 Å². The summed E-state index contributed by atoms with van der Waals surface area (Å²) in [7, 11) is 0. The fraction of sp³-hybridized carbons (Fsp3) is 0.385. The summed E-state index contributed by atoms with van der Waals surface area (Å²) in [6.45, 7) is 6.13. The van der Waals surface area contributed by atoms with Crippen molar-refractivity contribution in [2.45, 2.75) is 27.2 Å². The summed E-state index contributed by atoms with van der Waals surface area (Å²) < 4.78 is 0. The Morgan fingerprint density at radius 2 is 2.12 bits per heavy atom. The molecule has 0 atom stereocenters. The molecule has 1 aromatic heterocycles. The lowest BCUT2D eigenvalue weighted by atomic mass is 10.0. The second-order valence-electron chi connectivity index (χ2n) is 4.60. The molecule has 0 fully saturated rings. The van der Waals surface area contributed by atoms with Crippen LogP contribution in [0.15, 0.2) is 23.0 Å². The molecule has 84 valence electrons. The molecular formula is C13H16N2O. The van der Waals surface area contributed by atoms with Crippen molar-refractivity contribution in [1.82, 2.24) is 9.97 Å². The number of hydrogen-bond acceptors (Lipinski definition) is 2. The van der Waals surface area contributed by atoms with Crippen molar-refractivity contribution in [2.24, 2.45) is 5.92 Å². The summed E-state index contributed by atoms with van der Waals surface area (Å²) in [6.07, 6.45) is 0.989. The highest BCUT2D eigenvalue weighted by molar-refractivity contribution is 5.78. The van der Waals surface area contributed by atoms with E-state index in [1.54, 1.807) is 6.92 Å². The number of aryl methyl sites for hydroxylation is 1. The molecule has 0 aliphatic heterocycles. The first-order valence-electron chi connectivity index (χ1n) is 5.56. The molecule has 0 aliphatic rings. The Kier molecular flexibility index (Phi) is 2.77. The van der Waals surface area contributed by atoms with Crippen LogP contribution in [0.4, 0.5) is 0 Å². The van der Waals surface area contributed by atoms with Gasteiger partial charge in [-0.15, -0.1) is 0 Å². The monoisotopic (exact) mass is 216 g/mol. The van der Waals surface area contributed by atoms with Gasteiger partial charge in [-0.3, -0.25) is 4.79 Å². The molecule has 0 saturated heterocycles. The van der Waals surface area contributed by atoms with Gasteiger partial charge in [0.05, 0.1) is 10.9 Å². The third-order valence-electron chi connectivity index (χ3n) is 2.53. The molecule has 0 aliphatic carbocycles. The van der Waals surface area contributed by atoms with Crippen LogP contribution in [-0.4, -0.2) is 9.97 Å². The summed E-state index contributed by atoms with van der Waals surface area (Å²) in [4.78, 5) is 18.8. The minimum Gasteiger partial charge on any atom is -0.310 e. The van der Waals surface area contributed by atoms with E-state index in [1.807, 2.05) is 18.2 Å². The van der Waals surface area contributed by atoms with Gasteiger partial charge >= 0.3 is 0 Å². The number of aromatic nitrogens is 2. The molecule has 16 heavy (non-hydrogen) atoms. The van der Waals surface area contributed by atoms with Crippen LogP contribution in [-0.2, 0) is 6.42 Å². The Hall–Kier alpha value is -1.64. The van der Waals surface area contributed by atoms with Gasteiger partial charge in [-0.05, 0) is 37.0 Å². The second kappa shape index (κ2) is 4.08. The number of aromatic amines is 1. The zero-order valence-corrected chi connectivity index (χ0v) is 9.87. The van der Waals surface area contributed by atoms with E-state index in [2.05, 4.69) is 23.8 Å². The highest BCUT2D eigenvalue weighted by Gasteiger charge is 2.04. The van der Waals surface area contributed by atoms with E-state index in [9.17, 15) is 4.79 Å². The predicted molar refractivity (Wildman–Crippen MR) is 65.6 cm³/mol. The van der Waals surface area contributed by atoms with Crippen molar-refractivity contribution in [3.63, 3.8) is 0 Å². The molecule has 0 unspecified atom stereocenters. The third kappa shape index (κ3) is 2.13. The minimum atomic E-state index is -0.0480. The van der Waals surface area contributed by atoms with Crippen molar-refractivity contribution < 1.29 is 0 Å². The SMILES string of the molecule is Cc1nc2ccc(CC(C)C)cc2c(=O)[nH]1. The van der Waals surface area contributed by atoms with Crippen LogP contribution >= 0.6 is 0 Å². The first-order valence-corrected chi connectivity index (χ1v) is 5.56. The highest BCUT2D eigenvalue weighted by atomic mass is 16.1. The number of H-pyrrole nitrogens is 1. The van der Waals surface area contributed by atoms with E-state index < -0.39 is 0 Å². The van der Waals surface area contributed by atoms with Gasteiger partial charge in [0.1, 0.15) is 5.82 Å². The average molecular weight is 216 g/mol. The quantitative estimate of drug-likeness (QED) is 0.838. The van der Waals surface area contributed by atoms with Gasteiger partial charge in [-0.1, -0.05) is 19.9 Å². The van der Waals surface area contributed by atoms with E-state index >= 15 is 0 Å². The number of benzene rings is 1. The molecule has 0 spiro atoms. The Morgan fingerprint density at radius 3 is 2.81 bits per heavy atom. The fourth-order valence-corrected chi connectivity index (χ4v) is 1.90. The molecular weight excluding hydrogens is 200 g/mol. The third-order valence-corrected chi connectivity index (χ3v) is 2.53. The molecule has 0 amide bonds. The molecule has 1 N–H and O–H groups in total. The standard InChI is InChI=1S/C13H16N2O/c1-8(2)6-10-4-5-12-11(7-10)13(16)15-9(3)14-12/h4-5,7-8H,6H2,1-3H3,(H,14,15,16). The minimum absolute atomic E-state index is 0.0480. The molecule has 3 heteroatoms. The van der Waals surface area contributed by atoms with E-state index in [0.717, 1.165) is 11.9 Å². The zero-order chi connectivity index (χ0) is 11.7. The van der Waals surface area contributed by atoms with Gasteiger partial charge in [-0.2, -0.15) is 0 Å². The number of fused-ring (bicyclic) bond motifs is 1. The second-order valence-corrected chi connectivity index (χ2v) is 4.60. The van der Waals surface area contributed by atoms with Crippen LogP contribution < -0.4 is 5.56 Å². The van der Waals surface area contributed by atoms with Crippen molar-refractivity contribution in [3.05, 3.63) is 39.9 Å². The van der Waals surface area contributed by atoms with Gasteiger partial charge in [-0.25, -0.2) is 4.98 Å². The normalized spacial score (nSPS) is 11.2. The Morgan fingerprint density at radius 1 is 1.38 bits per heavy atom. The summed E-state index contributed by atoms with van der Waals surface area (Å²) in [5.74, 6) is 1.25. The number of nitrogens with one attached hydrogen (secondary N) is 1. The Labute approximate surface area is 94.5 Å². The maximum atomic E-state index is 11.7. The maximum Gasteiger partial charge on any atom is 0.258 e. The first kappa shape index (κ1) is 10.9. The van der Waals surface area contributed by atoms with E-state index in [4.69, 9.17) is 0 Å². The van der Waals surface area contributed by atoms with Crippen molar-refractivity contribution in [2.75, 3.05) is 0 Å². The molecule has 3 nitrogen and oxygen atoms in total. The largest absolute Gasteiger partial charge is 0.310 e. The van der Waals surface area contributed by atoms with Crippen LogP contribution in [0.3, 0.4) is 0 Å². The average Bonchev–Trinajstić information content (AvgIpc) is 2.18. The lowest BCUT2D eigenvalue weighted by Gasteiger charge is -2.06. The molecule has 1 aromatic carbocycles. The fourth-order valence-electron chi connectivity index (χ4n) is 1.90. The van der Waals surface area contributed by atoms with Gasteiger partial charge < -0.3 is 4.98 Å². The van der Waals surface area contributed by atoms with Gasteiger partial charge in [0.25, 0.3) is 5.56 Å². The maximum absolute atomic E-state index is 11.7. The number of nitrogens with zero attached hydrogens (tertiary/aromatic N) is 1. The van der Waals surface area contributed by atoms with Crippen LogP contribution in [0.2, 0.25) is 0 Å². The summed E-state index contributed by atoms with van der Waals surface area (Å²) in [6, 6.07) is 5.92. The number of hydrogen-bond donors (Lipinski definition) is 1. The van der Waals surface area contributed by atoms with Gasteiger partial charge in [0, 0.05) is 0 Å².